The monoisotopic (exact) mass is 512 g/mol. The quantitative estimate of drug-likeness (QED) is 0.415. The Morgan fingerprint density at radius 1 is 1.33 bits per heavy atom. The van der Waals surface area contributed by atoms with Crippen LogP contribution in [0.1, 0.15) is 44.9 Å². The first-order valence-electron chi connectivity index (χ1n) is 11.9. The van der Waals surface area contributed by atoms with Gasteiger partial charge in [0.05, 0.1) is 19.6 Å². The van der Waals surface area contributed by atoms with Gasteiger partial charge in [-0.05, 0) is 56.0 Å². The molecule has 3 aromatic rings. The van der Waals surface area contributed by atoms with E-state index in [1.54, 1.807) is 13.0 Å². The number of nitrogens with one attached hydrogen (secondary N) is 1. The fourth-order valence-corrected chi connectivity index (χ4v) is 4.41. The van der Waals surface area contributed by atoms with Crippen molar-refractivity contribution in [3.8, 4) is 0 Å². The molecule has 9 nitrogen and oxygen atoms in total. The third-order valence-corrected chi connectivity index (χ3v) is 6.39. The van der Waals surface area contributed by atoms with Gasteiger partial charge < -0.3 is 14.5 Å². The summed E-state index contributed by atoms with van der Waals surface area (Å²) in [5.41, 5.74) is 0.121. The van der Waals surface area contributed by atoms with E-state index in [2.05, 4.69) is 17.2 Å². The van der Waals surface area contributed by atoms with Crippen LogP contribution in [0.3, 0.4) is 0 Å². The van der Waals surface area contributed by atoms with Gasteiger partial charge in [-0.2, -0.15) is 4.98 Å². The van der Waals surface area contributed by atoms with Crippen LogP contribution in [0.4, 0.5) is 11.6 Å². The molecule has 0 radical (unpaired) electrons. The third kappa shape index (κ3) is 5.62. The number of carbonyl (C=O) groups is 1. The van der Waals surface area contributed by atoms with Crippen LogP contribution >= 0.6 is 11.6 Å². The van der Waals surface area contributed by atoms with Crippen molar-refractivity contribution < 1.29 is 13.9 Å². The van der Waals surface area contributed by atoms with Crippen molar-refractivity contribution in [1.82, 2.24) is 14.1 Å². The molecule has 2 heterocycles. The first kappa shape index (κ1) is 25.5. The Morgan fingerprint density at radius 3 is 2.83 bits per heavy atom. The number of hydrogen-bond donors (Lipinski definition) is 1. The van der Waals surface area contributed by atoms with E-state index in [0.29, 0.717) is 17.1 Å². The van der Waals surface area contributed by atoms with Gasteiger partial charge in [0.2, 0.25) is 5.95 Å². The Balaban J connectivity index is 1.73. The number of halogens is 1. The summed E-state index contributed by atoms with van der Waals surface area (Å²) < 4.78 is 13.0. The predicted molar refractivity (Wildman–Crippen MR) is 139 cm³/mol. The lowest BCUT2D eigenvalue weighted by Crippen LogP contribution is -2.45. The first-order chi connectivity index (χ1) is 17.3. The van der Waals surface area contributed by atoms with Crippen molar-refractivity contribution in [2.75, 3.05) is 12.4 Å². The average molecular weight is 513 g/mol. The number of aryl methyl sites for hydroxylation is 1. The third-order valence-electron chi connectivity index (χ3n) is 6.11. The molecular formula is C26H29ClN4O5. The van der Waals surface area contributed by atoms with Gasteiger partial charge in [0.15, 0.2) is 0 Å². The van der Waals surface area contributed by atoms with E-state index in [-0.39, 0.29) is 24.8 Å². The van der Waals surface area contributed by atoms with Crippen LogP contribution in [0.15, 0.2) is 61.5 Å². The Morgan fingerprint density at radius 2 is 2.14 bits per heavy atom. The van der Waals surface area contributed by atoms with Gasteiger partial charge >= 0.3 is 17.3 Å². The van der Waals surface area contributed by atoms with Crippen molar-refractivity contribution in [3.05, 3.63) is 74.3 Å². The molecule has 1 unspecified atom stereocenters. The number of benzene rings is 1. The molecule has 10 heteroatoms. The van der Waals surface area contributed by atoms with E-state index in [4.69, 9.17) is 20.8 Å². The molecule has 36 heavy (non-hydrogen) atoms. The molecule has 0 fully saturated rings. The van der Waals surface area contributed by atoms with Crippen LogP contribution in [0.5, 0.6) is 0 Å². The van der Waals surface area contributed by atoms with Crippen LogP contribution in [0.25, 0.3) is 11.0 Å². The molecule has 2 aromatic heterocycles. The maximum atomic E-state index is 13.6. The SMILES string of the molecule is CCCc1cc2cc(Nc3nc(=O)n([C@@H](C)CC(=O)OC)c(=O)n3CC3C=CC(Cl)=CC3)ccc2o1. The highest BCUT2D eigenvalue weighted by Crippen LogP contribution is 2.26. The average Bonchev–Trinajstić information content (AvgIpc) is 3.24. The molecule has 0 amide bonds. The number of nitrogens with zero attached hydrogens (tertiary/aromatic N) is 3. The van der Waals surface area contributed by atoms with Crippen molar-refractivity contribution in [2.45, 2.75) is 52.1 Å². The number of fused-ring (bicyclic) bond motifs is 1. The molecule has 0 saturated carbocycles. The standard InChI is InChI=1S/C26H29ClN4O5/c1-4-5-21-14-18-13-20(10-11-22(18)36-21)28-24-29-25(33)31(16(2)12-23(32)35-3)26(34)30(24)15-17-6-8-19(27)9-7-17/h6,8-11,13-14,16-17H,4-5,7,12,15H2,1-3H3,(H,28,29,33)/t16-,17?/m0/s1. The van der Waals surface area contributed by atoms with Crippen molar-refractivity contribution in [3.63, 3.8) is 0 Å². The molecule has 0 aliphatic heterocycles. The van der Waals surface area contributed by atoms with E-state index in [0.717, 1.165) is 34.1 Å². The van der Waals surface area contributed by atoms with Crippen molar-refractivity contribution in [1.29, 1.82) is 0 Å². The number of anilines is 2. The second-order valence-electron chi connectivity index (χ2n) is 8.89. The second-order valence-corrected chi connectivity index (χ2v) is 9.33. The number of ether oxygens (including phenoxy) is 1. The molecule has 0 saturated heterocycles. The van der Waals surface area contributed by atoms with Gasteiger partial charge in [0.25, 0.3) is 0 Å². The van der Waals surface area contributed by atoms with Gasteiger partial charge in [-0.25, -0.2) is 14.2 Å². The Bertz CT molecular complexity index is 1450. The maximum Gasteiger partial charge on any atom is 0.355 e. The van der Waals surface area contributed by atoms with Gasteiger partial charge in [0.1, 0.15) is 11.3 Å². The van der Waals surface area contributed by atoms with E-state index in [9.17, 15) is 14.4 Å². The summed E-state index contributed by atoms with van der Waals surface area (Å²) in [6.45, 7) is 3.97. The minimum atomic E-state index is -0.744. The number of rotatable bonds is 9. The van der Waals surface area contributed by atoms with E-state index < -0.39 is 23.4 Å². The Hall–Kier alpha value is -3.59. The smallest absolute Gasteiger partial charge is 0.355 e. The predicted octanol–water partition coefficient (Wildman–Crippen LogP) is 4.67. The number of esters is 1. The lowest BCUT2D eigenvalue weighted by Gasteiger charge is -2.21. The molecule has 1 N–H and O–H groups in total. The minimum Gasteiger partial charge on any atom is -0.469 e. The summed E-state index contributed by atoms with van der Waals surface area (Å²) in [6, 6.07) is 6.81. The number of hydrogen-bond acceptors (Lipinski definition) is 7. The van der Waals surface area contributed by atoms with Crippen LogP contribution in [0, 0.1) is 5.92 Å². The number of carbonyl (C=O) groups excluding carboxylic acids is 1. The number of aromatic nitrogens is 3. The Labute approximate surface area is 213 Å². The molecule has 190 valence electrons. The summed E-state index contributed by atoms with van der Waals surface area (Å²) in [7, 11) is 1.26. The number of furan rings is 1. The molecule has 1 aliphatic carbocycles. The largest absolute Gasteiger partial charge is 0.469 e. The maximum absolute atomic E-state index is 13.6. The molecule has 4 rings (SSSR count). The zero-order valence-corrected chi connectivity index (χ0v) is 21.2. The summed E-state index contributed by atoms with van der Waals surface area (Å²) in [4.78, 5) is 42.5. The highest BCUT2D eigenvalue weighted by Gasteiger charge is 2.22. The second kappa shape index (κ2) is 11.0. The number of allylic oxidation sites excluding steroid dienone is 4. The van der Waals surface area contributed by atoms with Crippen LogP contribution < -0.4 is 16.7 Å². The molecule has 2 atom stereocenters. The van der Waals surface area contributed by atoms with E-state index >= 15 is 0 Å². The van der Waals surface area contributed by atoms with E-state index in [1.165, 1.54) is 11.7 Å². The molecule has 0 bridgehead atoms. The topological polar surface area (TPSA) is 108 Å². The summed E-state index contributed by atoms with van der Waals surface area (Å²) in [5, 5.41) is 4.69. The van der Waals surface area contributed by atoms with E-state index in [1.807, 2.05) is 36.4 Å². The Kier molecular flexibility index (Phi) is 7.79. The highest BCUT2D eigenvalue weighted by atomic mass is 35.5. The van der Waals surface area contributed by atoms with Crippen molar-refractivity contribution in [2.24, 2.45) is 5.92 Å². The molecule has 0 spiro atoms. The summed E-state index contributed by atoms with van der Waals surface area (Å²) in [6.07, 6.45) is 7.93. The van der Waals surface area contributed by atoms with Crippen molar-refractivity contribution >= 4 is 40.2 Å². The zero-order valence-electron chi connectivity index (χ0n) is 20.5. The van der Waals surface area contributed by atoms with Crippen LogP contribution in [-0.2, 0) is 22.5 Å². The fraction of sp³-hybridized carbons (Fsp3) is 0.385. The molecular weight excluding hydrogens is 484 g/mol. The lowest BCUT2D eigenvalue weighted by molar-refractivity contribution is -0.141. The summed E-state index contributed by atoms with van der Waals surface area (Å²) in [5.74, 6) is 0.477. The van der Waals surface area contributed by atoms with Crippen LogP contribution in [-0.4, -0.2) is 27.2 Å². The minimum absolute atomic E-state index is 0.0256. The molecule has 1 aliphatic rings. The molecule has 1 aromatic carbocycles. The highest BCUT2D eigenvalue weighted by molar-refractivity contribution is 6.31. The zero-order chi connectivity index (χ0) is 25.8. The number of methoxy groups -OCH3 is 1. The fourth-order valence-electron chi connectivity index (χ4n) is 4.24. The first-order valence-corrected chi connectivity index (χ1v) is 12.3. The van der Waals surface area contributed by atoms with Gasteiger partial charge in [-0.15, -0.1) is 0 Å². The summed E-state index contributed by atoms with van der Waals surface area (Å²) >= 11 is 6.06. The van der Waals surface area contributed by atoms with Gasteiger partial charge in [0, 0.05) is 29.1 Å². The normalized spacial score (nSPS) is 16.1. The lowest BCUT2D eigenvalue weighted by atomic mass is 10.0. The van der Waals surface area contributed by atoms with Gasteiger partial charge in [-0.3, -0.25) is 9.36 Å². The van der Waals surface area contributed by atoms with Crippen LogP contribution in [0.2, 0.25) is 0 Å². The van der Waals surface area contributed by atoms with Gasteiger partial charge in [-0.1, -0.05) is 30.7 Å².